The van der Waals surface area contributed by atoms with E-state index in [0.29, 0.717) is 0 Å². The predicted molar refractivity (Wildman–Crippen MR) is 255 cm³/mol. The van der Waals surface area contributed by atoms with Gasteiger partial charge < -0.3 is 4.90 Å². The van der Waals surface area contributed by atoms with E-state index in [9.17, 15) is 0 Å². The number of rotatable bonds is 4. The van der Waals surface area contributed by atoms with Crippen LogP contribution in [-0.2, 0) is 10.8 Å². The van der Waals surface area contributed by atoms with Crippen LogP contribution in [0.3, 0.4) is 0 Å². The SMILES string of the molecule is CC1(C)c2ccccc2-c2ccc(N(c3ccc(-c4cc5ccccc5c5ccccc45)cc3)c3ccc4c(c3)C3(c5ccccc5-c5ccccc53)c3ccccc3-4)cc21. The Bertz CT molecular complexity index is 3390. The van der Waals surface area contributed by atoms with Crippen LogP contribution in [0.4, 0.5) is 17.1 Å². The van der Waals surface area contributed by atoms with Gasteiger partial charge in [0.15, 0.2) is 0 Å². The molecule has 1 spiro atoms. The van der Waals surface area contributed by atoms with Gasteiger partial charge in [-0.3, -0.25) is 0 Å². The van der Waals surface area contributed by atoms with E-state index in [-0.39, 0.29) is 5.41 Å². The molecule has 0 bridgehead atoms. The number of hydrogen-bond donors (Lipinski definition) is 0. The largest absolute Gasteiger partial charge is 0.310 e. The minimum atomic E-state index is -0.427. The molecule has 10 aromatic carbocycles. The summed E-state index contributed by atoms with van der Waals surface area (Å²) in [5.41, 5.74) is 21.4. The molecule has 0 radical (unpaired) electrons. The average Bonchev–Trinajstić information content (AvgIpc) is 3.87. The predicted octanol–water partition coefficient (Wildman–Crippen LogP) is 15.8. The average molecular weight is 776 g/mol. The summed E-state index contributed by atoms with van der Waals surface area (Å²) in [4.78, 5) is 2.49. The second kappa shape index (κ2) is 12.5. The third-order valence-electron chi connectivity index (χ3n) is 14.3. The van der Waals surface area contributed by atoms with E-state index >= 15 is 0 Å². The van der Waals surface area contributed by atoms with Gasteiger partial charge in [0.1, 0.15) is 0 Å². The molecule has 0 aromatic heterocycles. The molecule has 0 unspecified atom stereocenters. The first-order valence-corrected chi connectivity index (χ1v) is 21.5. The topological polar surface area (TPSA) is 3.24 Å². The van der Waals surface area contributed by atoms with Gasteiger partial charge in [0.2, 0.25) is 0 Å². The molecule has 286 valence electrons. The van der Waals surface area contributed by atoms with Crippen LogP contribution in [0, 0.1) is 0 Å². The summed E-state index contributed by atoms with van der Waals surface area (Å²) in [5.74, 6) is 0. The van der Waals surface area contributed by atoms with Crippen LogP contribution in [-0.4, -0.2) is 0 Å². The molecule has 1 nitrogen and oxygen atoms in total. The van der Waals surface area contributed by atoms with Crippen molar-refractivity contribution in [2.24, 2.45) is 0 Å². The molecular formula is C60H41N. The van der Waals surface area contributed by atoms with Crippen LogP contribution < -0.4 is 4.90 Å². The maximum Gasteiger partial charge on any atom is 0.0726 e. The minimum Gasteiger partial charge on any atom is -0.310 e. The third kappa shape index (κ3) is 4.61. The Labute approximate surface area is 356 Å². The molecule has 0 heterocycles. The highest BCUT2D eigenvalue weighted by molar-refractivity contribution is 6.13. The molecule has 0 N–H and O–H groups in total. The normalized spacial score (nSPS) is 14.3. The van der Waals surface area contributed by atoms with Crippen molar-refractivity contribution < 1.29 is 0 Å². The van der Waals surface area contributed by atoms with Gasteiger partial charge in [0, 0.05) is 22.5 Å². The maximum atomic E-state index is 2.51. The summed E-state index contributed by atoms with van der Waals surface area (Å²) < 4.78 is 0. The Balaban J connectivity index is 1.03. The van der Waals surface area contributed by atoms with Crippen molar-refractivity contribution in [2.75, 3.05) is 4.90 Å². The maximum absolute atomic E-state index is 2.51. The van der Waals surface area contributed by atoms with Crippen molar-refractivity contribution >= 4 is 38.6 Å². The number of hydrogen-bond acceptors (Lipinski definition) is 1. The van der Waals surface area contributed by atoms with Crippen molar-refractivity contribution in [1.29, 1.82) is 0 Å². The fourth-order valence-corrected chi connectivity index (χ4v) is 11.6. The summed E-state index contributed by atoms with van der Waals surface area (Å²) in [6, 6.07) is 79.8. The zero-order valence-corrected chi connectivity index (χ0v) is 34.2. The van der Waals surface area contributed by atoms with Gasteiger partial charge in [-0.05, 0) is 142 Å². The first kappa shape index (κ1) is 34.4. The lowest BCUT2D eigenvalue weighted by molar-refractivity contribution is 0.660. The van der Waals surface area contributed by atoms with E-state index in [4.69, 9.17) is 0 Å². The molecular weight excluding hydrogens is 735 g/mol. The van der Waals surface area contributed by atoms with Crippen molar-refractivity contribution in [3.05, 3.63) is 246 Å². The first-order valence-electron chi connectivity index (χ1n) is 21.5. The van der Waals surface area contributed by atoms with Crippen molar-refractivity contribution in [2.45, 2.75) is 24.7 Å². The number of fused-ring (bicyclic) bond motifs is 16. The fraction of sp³-hybridized carbons (Fsp3) is 0.0667. The molecule has 0 aliphatic heterocycles. The van der Waals surface area contributed by atoms with Crippen molar-refractivity contribution in [1.82, 2.24) is 0 Å². The standard InChI is InChI=1S/C60H41N/c1-59(2)53-23-11-7-19-46(53)50-33-31-41(36-57(50)59)61(40-29-27-38(28-30-40)52-35-39-15-3-4-16-43(39)44-17-5-6-18-45(44)52)42-32-34-51-49-22-10-14-26-56(49)60(58(51)37-42)54-24-12-8-20-47(54)48-21-9-13-25-55(48)60/h3-37H,1-2H3. The second-order valence-electron chi connectivity index (χ2n) is 17.6. The second-order valence-corrected chi connectivity index (χ2v) is 17.6. The Kier molecular flexibility index (Phi) is 7.06. The molecule has 3 aliphatic carbocycles. The van der Waals surface area contributed by atoms with E-state index in [2.05, 4.69) is 231 Å². The monoisotopic (exact) mass is 775 g/mol. The minimum absolute atomic E-state index is 0.129. The smallest absolute Gasteiger partial charge is 0.0726 e. The molecule has 0 atom stereocenters. The lowest BCUT2D eigenvalue weighted by Crippen LogP contribution is -2.26. The van der Waals surface area contributed by atoms with Gasteiger partial charge in [-0.2, -0.15) is 0 Å². The summed E-state index contributed by atoms with van der Waals surface area (Å²) in [7, 11) is 0. The van der Waals surface area contributed by atoms with Crippen LogP contribution in [0.2, 0.25) is 0 Å². The van der Waals surface area contributed by atoms with Gasteiger partial charge in [-0.25, -0.2) is 0 Å². The van der Waals surface area contributed by atoms with Crippen LogP contribution in [0.1, 0.15) is 47.2 Å². The zero-order chi connectivity index (χ0) is 40.5. The zero-order valence-electron chi connectivity index (χ0n) is 34.2. The van der Waals surface area contributed by atoms with Gasteiger partial charge in [-0.1, -0.05) is 184 Å². The van der Waals surface area contributed by atoms with E-state index in [1.165, 1.54) is 99.4 Å². The molecule has 13 rings (SSSR count). The Morgan fingerprint density at radius 3 is 1.33 bits per heavy atom. The van der Waals surface area contributed by atoms with Crippen molar-refractivity contribution in [3.63, 3.8) is 0 Å². The molecule has 0 saturated carbocycles. The third-order valence-corrected chi connectivity index (χ3v) is 14.3. The molecule has 0 saturated heterocycles. The van der Waals surface area contributed by atoms with E-state index in [1.54, 1.807) is 0 Å². The van der Waals surface area contributed by atoms with Gasteiger partial charge in [-0.15, -0.1) is 0 Å². The lowest BCUT2D eigenvalue weighted by Gasteiger charge is -2.32. The number of nitrogens with zero attached hydrogens (tertiary/aromatic N) is 1. The molecule has 10 aromatic rings. The molecule has 0 amide bonds. The fourth-order valence-electron chi connectivity index (χ4n) is 11.6. The molecule has 1 heteroatoms. The molecule has 3 aliphatic rings. The number of benzene rings is 10. The molecule has 61 heavy (non-hydrogen) atoms. The summed E-state index contributed by atoms with van der Waals surface area (Å²) >= 11 is 0. The van der Waals surface area contributed by atoms with Crippen LogP contribution in [0.15, 0.2) is 212 Å². The van der Waals surface area contributed by atoms with Gasteiger partial charge in [0.05, 0.1) is 5.41 Å². The van der Waals surface area contributed by atoms with E-state index < -0.39 is 5.41 Å². The van der Waals surface area contributed by atoms with Crippen LogP contribution in [0.25, 0.3) is 66.1 Å². The van der Waals surface area contributed by atoms with E-state index in [1.807, 2.05) is 0 Å². The Hall–Kier alpha value is -7.48. The van der Waals surface area contributed by atoms with Gasteiger partial charge in [0.25, 0.3) is 0 Å². The van der Waals surface area contributed by atoms with Crippen LogP contribution in [0.5, 0.6) is 0 Å². The first-order chi connectivity index (χ1) is 30.0. The van der Waals surface area contributed by atoms with E-state index in [0.717, 1.165) is 17.1 Å². The van der Waals surface area contributed by atoms with Crippen LogP contribution >= 0.6 is 0 Å². The number of anilines is 3. The summed E-state index contributed by atoms with van der Waals surface area (Å²) in [6.45, 7) is 4.75. The lowest BCUT2D eigenvalue weighted by atomic mass is 9.70. The molecule has 0 fully saturated rings. The highest BCUT2D eigenvalue weighted by Crippen LogP contribution is 2.63. The Morgan fingerprint density at radius 2 is 0.721 bits per heavy atom. The quantitative estimate of drug-likeness (QED) is 0.161. The van der Waals surface area contributed by atoms with Gasteiger partial charge >= 0.3 is 0 Å². The Morgan fingerprint density at radius 1 is 0.295 bits per heavy atom. The highest BCUT2D eigenvalue weighted by Gasteiger charge is 2.51. The highest BCUT2D eigenvalue weighted by atomic mass is 15.1. The summed E-state index contributed by atoms with van der Waals surface area (Å²) in [5, 5.41) is 5.10. The summed E-state index contributed by atoms with van der Waals surface area (Å²) in [6.07, 6.45) is 0. The van der Waals surface area contributed by atoms with Crippen molar-refractivity contribution in [3.8, 4) is 44.5 Å².